The molecule has 18 heavy (non-hydrogen) atoms. The molecule has 0 aromatic heterocycles. The third kappa shape index (κ3) is 5.51. The fourth-order valence-electron chi connectivity index (χ4n) is 1.06. The fourth-order valence-corrected chi connectivity index (χ4v) is 2.11. The van der Waals surface area contributed by atoms with Crippen LogP contribution < -0.4 is 10.6 Å². The Morgan fingerprint density at radius 3 is 2.22 bits per heavy atom. The van der Waals surface area contributed by atoms with Gasteiger partial charge in [-0.25, -0.2) is 9.59 Å². The Labute approximate surface area is 107 Å². The highest BCUT2D eigenvalue weighted by molar-refractivity contribution is 7.59. The molecule has 0 aliphatic rings. The first-order chi connectivity index (χ1) is 8.24. The molecule has 0 aromatic rings. The number of hydrogen-bond acceptors (Lipinski definition) is 5. The van der Waals surface area contributed by atoms with Gasteiger partial charge in [0.15, 0.2) is 0 Å². The lowest BCUT2D eigenvalue weighted by molar-refractivity contribution is -0.140. The summed E-state index contributed by atoms with van der Waals surface area (Å²) in [6.45, 7) is 5.56. The number of methoxy groups -OCH3 is 1. The largest absolute Gasteiger partial charge is 0.467 e. The number of esters is 1. The number of hydrogen-bond donors (Lipinski definition) is 2. The van der Waals surface area contributed by atoms with Crippen molar-refractivity contribution in [2.24, 2.45) is 5.92 Å². The van der Waals surface area contributed by atoms with Crippen molar-refractivity contribution in [3.63, 3.8) is 0 Å². The van der Waals surface area contributed by atoms with E-state index in [9.17, 15) is 14.2 Å². The summed E-state index contributed by atoms with van der Waals surface area (Å²) >= 11 is 0. The summed E-state index contributed by atoms with van der Waals surface area (Å²) in [6, 6.07) is -0.585. The van der Waals surface area contributed by atoms with E-state index in [1.54, 1.807) is 0 Å². The molecule has 2 amide bonds. The van der Waals surface area contributed by atoms with Gasteiger partial charge in [0.05, 0.1) is 7.11 Å². The summed E-state index contributed by atoms with van der Waals surface area (Å²) < 4.78 is 21.2. The minimum Gasteiger partial charge on any atom is -0.467 e. The van der Waals surface area contributed by atoms with E-state index in [4.69, 9.17) is 4.52 Å². The molecule has 0 aromatic carbocycles. The highest BCUT2D eigenvalue weighted by Gasteiger charge is 2.37. The van der Waals surface area contributed by atoms with E-state index in [2.05, 4.69) is 15.4 Å². The summed E-state index contributed by atoms with van der Waals surface area (Å²) in [5.74, 6) is -1.84. The van der Waals surface area contributed by atoms with Crippen molar-refractivity contribution in [3.8, 4) is 0 Å². The van der Waals surface area contributed by atoms with Gasteiger partial charge in [0.1, 0.15) is 0 Å². The van der Waals surface area contributed by atoms with Crippen LogP contribution in [-0.2, 0) is 18.6 Å². The molecule has 0 radical (unpaired) electrons. The van der Waals surface area contributed by atoms with E-state index in [-0.39, 0.29) is 5.92 Å². The van der Waals surface area contributed by atoms with Gasteiger partial charge in [-0.05, 0) is 5.92 Å². The Kier molecular flexibility index (Phi) is 6.94. The Bertz CT molecular complexity index is 345. The molecule has 2 atom stereocenters. The van der Waals surface area contributed by atoms with Gasteiger partial charge in [0.2, 0.25) is 13.2 Å². The van der Waals surface area contributed by atoms with Crippen molar-refractivity contribution in [3.05, 3.63) is 0 Å². The summed E-state index contributed by atoms with van der Waals surface area (Å²) in [5, 5.41) is 4.85. The van der Waals surface area contributed by atoms with Crippen molar-refractivity contribution in [2.45, 2.75) is 19.6 Å². The van der Waals surface area contributed by atoms with E-state index in [0.29, 0.717) is 6.54 Å². The Morgan fingerprint density at radius 2 is 1.83 bits per heavy atom. The molecule has 0 saturated carbocycles. The van der Waals surface area contributed by atoms with E-state index < -0.39 is 25.2 Å². The Morgan fingerprint density at radius 1 is 1.28 bits per heavy atom. The zero-order valence-corrected chi connectivity index (χ0v) is 12.2. The summed E-state index contributed by atoms with van der Waals surface area (Å²) in [4.78, 5) is 23.0. The molecule has 0 aliphatic carbocycles. The lowest BCUT2D eigenvalue weighted by Crippen LogP contribution is -2.47. The van der Waals surface area contributed by atoms with Gasteiger partial charge in [-0.3, -0.25) is 4.57 Å². The molecular formula is C10H21N2O5P. The topological polar surface area (TPSA) is 93.7 Å². The fraction of sp³-hybridized carbons (Fsp3) is 0.800. The average Bonchev–Trinajstić information content (AvgIpc) is 2.32. The second-order valence-corrected chi connectivity index (χ2v) is 6.96. The normalized spacial score (nSPS) is 15.7. The van der Waals surface area contributed by atoms with Crippen LogP contribution in [0.15, 0.2) is 0 Å². The molecule has 0 bridgehead atoms. The quantitative estimate of drug-likeness (QED) is 0.559. The van der Waals surface area contributed by atoms with Gasteiger partial charge >= 0.3 is 12.0 Å². The molecule has 0 spiro atoms. The number of ether oxygens (including phenoxy) is 1. The van der Waals surface area contributed by atoms with Gasteiger partial charge in [0, 0.05) is 20.3 Å². The number of nitrogens with one attached hydrogen (secondary N) is 2. The lowest BCUT2D eigenvalue weighted by Gasteiger charge is -2.22. The van der Waals surface area contributed by atoms with Crippen molar-refractivity contribution in [2.75, 3.05) is 27.4 Å². The maximum Gasteiger partial charge on any atom is 0.338 e. The average molecular weight is 280 g/mol. The second-order valence-electron chi connectivity index (χ2n) is 4.27. The smallest absolute Gasteiger partial charge is 0.338 e. The molecule has 0 heterocycles. The van der Waals surface area contributed by atoms with Crippen molar-refractivity contribution < 1.29 is 23.4 Å². The maximum absolute atomic E-state index is 12.0. The van der Waals surface area contributed by atoms with E-state index in [1.165, 1.54) is 13.8 Å². The van der Waals surface area contributed by atoms with Crippen LogP contribution in [0.1, 0.15) is 13.8 Å². The molecule has 106 valence electrons. The van der Waals surface area contributed by atoms with Crippen molar-refractivity contribution >= 4 is 19.4 Å². The molecule has 2 N–H and O–H groups in total. The predicted molar refractivity (Wildman–Crippen MR) is 67.7 cm³/mol. The van der Waals surface area contributed by atoms with E-state index in [0.717, 1.165) is 7.11 Å². The van der Waals surface area contributed by atoms with Gasteiger partial charge in [-0.15, -0.1) is 0 Å². The molecule has 0 saturated heterocycles. The van der Waals surface area contributed by atoms with Crippen LogP contribution in [-0.4, -0.2) is 45.2 Å². The number of amides is 2. The van der Waals surface area contributed by atoms with Gasteiger partial charge < -0.3 is 19.9 Å². The summed E-state index contributed by atoms with van der Waals surface area (Å²) in [6.07, 6.45) is 0. The van der Waals surface area contributed by atoms with Crippen LogP contribution >= 0.6 is 7.37 Å². The van der Waals surface area contributed by atoms with Crippen LogP contribution in [0.5, 0.6) is 0 Å². The third-order valence-electron chi connectivity index (χ3n) is 2.19. The maximum atomic E-state index is 12.0. The van der Waals surface area contributed by atoms with E-state index >= 15 is 0 Å². The van der Waals surface area contributed by atoms with Gasteiger partial charge in [-0.2, -0.15) is 0 Å². The summed E-state index contributed by atoms with van der Waals surface area (Å²) in [5.41, 5.74) is 0. The Hall–Kier alpha value is -1.07. The molecular weight excluding hydrogens is 259 g/mol. The number of rotatable bonds is 6. The second kappa shape index (κ2) is 7.38. The summed E-state index contributed by atoms with van der Waals surface area (Å²) in [7, 11) is -0.940. The molecule has 0 rings (SSSR count). The first-order valence-corrected chi connectivity index (χ1v) is 7.63. The molecule has 0 aliphatic heterocycles. The predicted octanol–water partition coefficient (Wildman–Crippen LogP) is 0.995. The highest BCUT2D eigenvalue weighted by Crippen LogP contribution is 2.46. The molecule has 0 fully saturated rings. The third-order valence-corrected chi connectivity index (χ3v) is 4.20. The lowest BCUT2D eigenvalue weighted by atomic mass is 10.2. The number of carbonyl (C=O) groups excluding carboxylic acids is 2. The number of carbonyl (C=O) groups is 2. The minimum atomic E-state index is -3.30. The zero-order chi connectivity index (χ0) is 14.3. The van der Waals surface area contributed by atoms with Crippen LogP contribution in [0.4, 0.5) is 4.79 Å². The van der Waals surface area contributed by atoms with Gasteiger partial charge in [0.25, 0.3) is 0 Å². The zero-order valence-electron chi connectivity index (χ0n) is 11.4. The number of urea groups is 1. The highest BCUT2D eigenvalue weighted by atomic mass is 31.2. The van der Waals surface area contributed by atoms with Crippen LogP contribution in [0.3, 0.4) is 0 Å². The minimum absolute atomic E-state index is 0.267. The van der Waals surface area contributed by atoms with Crippen LogP contribution in [0.25, 0.3) is 0 Å². The van der Waals surface area contributed by atoms with Crippen LogP contribution in [0, 0.1) is 5.92 Å². The van der Waals surface area contributed by atoms with Crippen LogP contribution in [0.2, 0.25) is 0 Å². The van der Waals surface area contributed by atoms with Crippen molar-refractivity contribution in [1.29, 1.82) is 0 Å². The standard InChI is InChI=1S/C10H21N2O5P/c1-7(2)6-11-10(14)12-8(9(13)16-3)18(5,15)17-4/h7-8H,6H2,1-5H3,(H2,11,12,14). The van der Waals surface area contributed by atoms with Crippen molar-refractivity contribution in [1.82, 2.24) is 10.6 Å². The van der Waals surface area contributed by atoms with Gasteiger partial charge in [-0.1, -0.05) is 13.8 Å². The molecule has 7 nitrogen and oxygen atoms in total. The molecule has 8 heteroatoms. The molecule has 2 unspecified atom stereocenters. The monoisotopic (exact) mass is 280 g/mol. The SMILES string of the molecule is COC(=O)C(NC(=O)NCC(C)C)P(C)(=O)OC. The van der Waals surface area contributed by atoms with E-state index in [1.807, 2.05) is 13.8 Å². The first kappa shape index (κ1) is 16.9. The first-order valence-electron chi connectivity index (χ1n) is 5.49. The Balaban J connectivity index is 4.66.